The number of halogens is 1. The van der Waals surface area contributed by atoms with Gasteiger partial charge in [0.2, 0.25) is 0 Å². The van der Waals surface area contributed by atoms with Crippen LogP contribution in [0.3, 0.4) is 0 Å². The van der Waals surface area contributed by atoms with Crippen LogP contribution in [-0.4, -0.2) is 6.04 Å². The Morgan fingerprint density at radius 1 is 1.29 bits per heavy atom. The predicted octanol–water partition coefficient (Wildman–Crippen LogP) is 4.00. The molecular formula is C12H16ClN. The summed E-state index contributed by atoms with van der Waals surface area (Å²) in [5.41, 5.74) is 2.37. The third-order valence-electron chi connectivity index (χ3n) is 2.93. The number of nitrogens with one attached hydrogen (secondary N) is 1. The SMILES string of the molecule is Cc1cccc(Cl)c1NC1CCCC1. The molecule has 0 atom stereocenters. The van der Waals surface area contributed by atoms with Crippen molar-refractivity contribution >= 4 is 17.3 Å². The van der Waals surface area contributed by atoms with E-state index in [4.69, 9.17) is 11.6 Å². The summed E-state index contributed by atoms with van der Waals surface area (Å²) >= 11 is 6.15. The van der Waals surface area contributed by atoms with Gasteiger partial charge in [-0.1, -0.05) is 36.6 Å². The maximum Gasteiger partial charge on any atom is 0.0640 e. The summed E-state index contributed by atoms with van der Waals surface area (Å²) in [6.45, 7) is 2.10. The second kappa shape index (κ2) is 4.22. The van der Waals surface area contributed by atoms with Crippen molar-refractivity contribution in [2.45, 2.75) is 38.6 Å². The minimum absolute atomic E-state index is 0.633. The van der Waals surface area contributed by atoms with Crippen molar-refractivity contribution in [3.63, 3.8) is 0 Å². The van der Waals surface area contributed by atoms with Crippen molar-refractivity contribution in [2.24, 2.45) is 0 Å². The van der Waals surface area contributed by atoms with Crippen LogP contribution in [-0.2, 0) is 0 Å². The smallest absolute Gasteiger partial charge is 0.0640 e. The summed E-state index contributed by atoms with van der Waals surface area (Å²) in [4.78, 5) is 0. The van der Waals surface area contributed by atoms with Gasteiger partial charge < -0.3 is 5.32 Å². The Morgan fingerprint density at radius 3 is 2.64 bits per heavy atom. The lowest BCUT2D eigenvalue weighted by Crippen LogP contribution is -2.15. The van der Waals surface area contributed by atoms with Gasteiger partial charge in [-0.05, 0) is 31.4 Å². The van der Waals surface area contributed by atoms with Gasteiger partial charge in [0.05, 0.1) is 10.7 Å². The second-order valence-corrected chi connectivity index (χ2v) is 4.46. The predicted molar refractivity (Wildman–Crippen MR) is 62.1 cm³/mol. The fourth-order valence-corrected chi connectivity index (χ4v) is 2.37. The fraction of sp³-hybridized carbons (Fsp3) is 0.500. The Hall–Kier alpha value is -0.690. The standard InChI is InChI=1S/C12H16ClN/c1-9-5-4-8-11(13)12(9)14-10-6-2-3-7-10/h4-5,8,10,14H,2-3,6-7H2,1H3. The first-order chi connectivity index (χ1) is 6.77. The Morgan fingerprint density at radius 2 is 2.00 bits per heavy atom. The fourth-order valence-electron chi connectivity index (χ4n) is 2.09. The van der Waals surface area contributed by atoms with Gasteiger partial charge in [0.15, 0.2) is 0 Å². The van der Waals surface area contributed by atoms with E-state index in [1.807, 2.05) is 12.1 Å². The topological polar surface area (TPSA) is 12.0 Å². The molecule has 1 nitrogen and oxygen atoms in total. The molecule has 0 unspecified atom stereocenters. The molecule has 1 N–H and O–H groups in total. The van der Waals surface area contributed by atoms with E-state index in [9.17, 15) is 0 Å². The van der Waals surface area contributed by atoms with E-state index in [0.717, 1.165) is 10.7 Å². The van der Waals surface area contributed by atoms with Crippen LogP contribution >= 0.6 is 11.6 Å². The molecule has 2 rings (SSSR count). The molecule has 0 aromatic heterocycles. The summed E-state index contributed by atoms with van der Waals surface area (Å²) in [5, 5.41) is 4.39. The maximum absolute atomic E-state index is 6.15. The van der Waals surface area contributed by atoms with Crippen LogP contribution in [0.5, 0.6) is 0 Å². The van der Waals surface area contributed by atoms with Crippen LogP contribution in [0.15, 0.2) is 18.2 Å². The van der Waals surface area contributed by atoms with E-state index in [2.05, 4.69) is 18.3 Å². The monoisotopic (exact) mass is 209 g/mol. The highest BCUT2D eigenvalue weighted by Gasteiger charge is 2.16. The molecule has 0 radical (unpaired) electrons. The molecule has 1 aromatic rings. The van der Waals surface area contributed by atoms with E-state index < -0.39 is 0 Å². The van der Waals surface area contributed by atoms with E-state index in [1.54, 1.807) is 0 Å². The quantitative estimate of drug-likeness (QED) is 0.777. The van der Waals surface area contributed by atoms with E-state index in [0.29, 0.717) is 6.04 Å². The lowest BCUT2D eigenvalue weighted by atomic mass is 10.1. The zero-order valence-corrected chi connectivity index (χ0v) is 9.27. The molecule has 2 heteroatoms. The zero-order chi connectivity index (χ0) is 9.97. The molecule has 0 saturated heterocycles. The van der Waals surface area contributed by atoms with Crippen LogP contribution in [0.2, 0.25) is 5.02 Å². The van der Waals surface area contributed by atoms with Gasteiger partial charge in [-0.3, -0.25) is 0 Å². The number of aryl methyl sites for hydroxylation is 1. The first-order valence-electron chi connectivity index (χ1n) is 5.29. The van der Waals surface area contributed by atoms with Crippen LogP contribution < -0.4 is 5.32 Å². The summed E-state index contributed by atoms with van der Waals surface area (Å²) < 4.78 is 0. The van der Waals surface area contributed by atoms with Crippen LogP contribution in [0.4, 0.5) is 5.69 Å². The minimum atomic E-state index is 0.633. The van der Waals surface area contributed by atoms with Gasteiger partial charge in [-0.25, -0.2) is 0 Å². The Labute approximate surface area is 90.5 Å². The number of hydrogen-bond acceptors (Lipinski definition) is 1. The third-order valence-corrected chi connectivity index (χ3v) is 3.24. The summed E-state index contributed by atoms with van der Waals surface area (Å²) in [6, 6.07) is 6.68. The molecule has 0 heterocycles. The number of benzene rings is 1. The Balaban J connectivity index is 2.14. The molecule has 1 aliphatic rings. The average Bonchev–Trinajstić information content (AvgIpc) is 2.64. The lowest BCUT2D eigenvalue weighted by Gasteiger charge is -2.16. The van der Waals surface area contributed by atoms with Gasteiger partial charge in [0, 0.05) is 6.04 Å². The molecule has 1 aromatic carbocycles. The first kappa shape index (κ1) is 9.85. The highest BCUT2D eigenvalue weighted by atomic mass is 35.5. The number of rotatable bonds is 2. The summed E-state index contributed by atoms with van der Waals surface area (Å²) in [7, 11) is 0. The van der Waals surface area contributed by atoms with Gasteiger partial charge in [0.25, 0.3) is 0 Å². The largest absolute Gasteiger partial charge is 0.381 e. The summed E-state index contributed by atoms with van der Waals surface area (Å²) in [5.74, 6) is 0. The van der Waals surface area contributed by atoms with Crippen LogP contribution in [0, 0.1) is 6.92 Å². The molecule has 14 heavy (non-hydrogen) atoms. The molecular weight excluding hydrogens is 194 g/mol. The second-order valence-electron chi connectivity index (χ2n) is 4.06. The van der Waals surface area contributed by atoms with E-state index >= 15 is 0 Å². The van der Waals surface area contributed by atoms with Crippen molar-refractivity contribution in [1.82, 2.24) is 0 Å². The van der Waals surface area contributed by atoms with Crippen molar-refractivity contribution in [3.05, 3.63) is 28.8 Å². The lowest BCUT2D eigenvalue weighted by molar-refractivity contribution is 0.754. The van der Waals surface area contributed by atoms with Gasteiger partial charge in [-0.2, -0.15) is 0 Å². The molecule has 0 amide bonds. The molecule has 76 valence electrons. The van der Waals surface area contributed by atoms with Crippen molar-refractivity contribution in [1.29, 1.82) is 0 Å². The van der Waals surface area contributed by atoms with Crippen molar-refractivity contribution in [2.75, 3.05) is 5.32 Å². The zero-order valence-electron chi connectivity index (χ0n) is 8.52. The minimum Gasteiger partial charge on any atom is -0.381 e. The highest BCUT2D eigenvalue weighted by Crippen LogP contribution is 2.29. The molecule has 0 bridgehead atoms. The van der Waals surface area contributed by atoms with Crippen molar-refractivity contribution in [3.8, 4) is 0 Å². The maximum atomic E-state index is 6.15. The normalized spacial score (nSPS) is 17.3. The number of anilines is 1. The Kier molecular flexibility index (Phi) is 2.97. The molecule has 0 aliphatic heterocycles. The molecule has 1 aliphatic carbocycles. The Bertz CT molecular complexity index is 296. The molecule has 1 saturated carbocycles. The van der Waals surface area contributed by atoms with E-state index in [-0.39, 0.29) is 0 Å². The highest BCUT2D eigenvalue weighted by molar-refractivity contribution is 6.33. The summed E-state index contributed by atoms with van der Waals surface area (Å²) in [6.07, 6.45) is 5.26. The molecule has 1 fully saturated rings. The number of hydrogen-bond donors (Lipinski definition) is 1. The van der Waals surface area contributed by atoms with Gasteiger partial charge in [-0.15, -0.1) is 0 Å². The molecule has 0 spiro atoms. The van der Waals surface area contributed by atoms with E-state index in [1.165, 1.54) is 31.2 Å². The van der Waals surface area contributed by atoms with Gasteiger partial charge >= 0.3 is 0 Å². The van der Waals surface area contributed by atoms with Crippen molar-refractivity contribution < 1.29 is 0 Å². The first-order valence-corrected chi connectivity index (χ1v) is 5.67. The average molecular weight is 210 g/mol. The third kappa shape index (κ3) is 2.03. The van der Waals surface area contributed by atoms with Gasteiger partial charge in [0.1, 0.15) is 0 Å². The van der Waals surface area contributed by atoms with Crippen LogP contribution in [0.1, 0.15) is 31.2 Å². The number of para-hydroxylation sites is 1. The van der Waals surface area contributed by atoms with Crippen LogP contribution in [0.25, 0.3) is 0 Å².